The Morgan fingerprint density at radius 2 is 2.00 bits per heavy atom. The highest BCUT2D eigenvalue weighted by molar-refractivity contribution is 4.99. The van der Waals surface area contributed by atoms with E-state index in [1.165, 1.54) is 25.7 Å². The predicted octanol–water partition coefficient (Wildman–Crippen LogP) is 1.92. The van der Waals surface area contributed by atoms with Crippen molar-refractivity contribution < 1.29 is 5.11 Å². The van der Waals surface area contributed by atoms with Crippen LogP contribution in [0.2, 0.25) is 0 Å². The lowest BCUT2D eigenvalue weighted by Gasteiger charge is -2.31. The van der Waals surface area contributed by atoms with E-state index in [1.54, 1.807) is 0 Å². The maximum atomic E-state index is 10.2. The van der Waals surface area contributed by atoms with Gasteiger partial charge in [-0.2, -0.15) is 0 Å². The third-order valence-electron chi connectivity index (χ3n) is 3.91. The highest BCUT2D eigenvalue weighted by atomic mass is 16.3. The van der Waals surface area contributed by atoms with Crippen LogP contribution < -0.4 is 5.32 Å². The first kappa shape index (κ1) is 10.4. The molecule has 1 aliphatic heterocycles. The second-order valence-electron chi connectivity index (χ2n) is 6.12. The molecule has 4 atom stereocenters. The fourth-order valence-corrected chi connectivity index (χ4v) is 3.03. The molecule has 0 aromatic carbocycles. The Bertz CT molecular complexity index is 197. The summed E-state index contributed by atoms with van der Waals surface area (Å²) in [5.74, 6) is 0.844. The van der Waals surface area contributed by atoms with Gasteiger partial charge in [0, 0.05) is 12.1 Å². The Balaban J connectivity index is 1.96. The van der Waals surface area contributed by atoms with Gasteiger partial charge < -0.3 is 10.4 Å². The largest absolute Gasteiger partial charge is 0.391 e. The van der Waals surface area contributed by atoms with Gasteiger partial charge in [-0.1, -0.05) is 27.2 Å². The monoisotopic (exact) mass is 197 g/mol. The van der Waals surface area contributed by atoms with Crippen molar-refractivity contribution in [3.05, 3.63) is 0 Å². The average molecular weight is 197 g/mol. The van der Waals surface area contributed by atoms with Gasteiger partial charge in [0.05, 0.1) is 6.10 Å². The predicted molar refractivity (Wildman–Crippen MR) is 58.1 cm³/mol. The van der Waals surface area contributed by atoms with Gasteiger partial charge in [-0.05, 0) is 30.6 Å². The Hall–Kier alpha value is -0.0800. The smallest absolute Gasteiger partial charge is 0.0741 e. The second kappa shape index (κ2) is 3.49. The fraction of sp³-hybridized carbons (Fsp3) is 1.00. The van der Waals surface area contributed by atoms with Crippen LogP contribution in [0.25, 0.3) is 0 Å². The van der Waals surface area contributed by atoms with Crippen molar-refractivity contribution in [2.24, 2.45) is 11.3 Å². The topological polar surface area (TPSA) is 32.3 Å². The maximum absolute atomic E-state index is 10.2. The molecule has 2 aliphatic rings. The lowest BCUT2D eigenvalue weighted by Crippen LogP contribution is -2.44. The molecule has 0 aromatic heterocycles. The van der Waals surface area contributed by atoms with E-state index in [9.17, 15) is 5.11 Å². The number of hydrogen-bond acceptors (Lipinski definition) is 2. The van der Waals surface area contributed by atoms with Gasteiger partial charge in [0.15, 0.2) is 0 Å². The van der Waals surface area contributed by atoms with Crippen LogP contribution in [0, 0.1) is 11.3 Å². The van der Waals surface area contributed by atoms with Gasteiger partial charge >= 0.3 is 0 Å². The van der Waals surface area contributed by atoms with Gasteiger partial charge in [0.25, 0.3) is 0 Å². The molecule has 0 bridgehead atoms. The molecule has 2 N–H and O–H groups in total. The van der Waals surface area contributed by atoms with Crippen LogP contribution in [0.5, 0.6) is 0 Å². The molecule has 1 aliphatic carbocycles. The van der Waals surface area contributed by atoms with Gasteiger partial charge in [-0.3, -0.25) is 0 Å². The normalized spacial score (nSPS) is 39.9. The van der Waals surface area contributed by atoms with E-state index in [4.69, 9.17) is 0 Å². The zero-order valence-corrected chi connectivity index (χ0v) is 9.59. The van der Waals surface area contributed by atoms with Crippen LogP contribution in [0.3, 0.4) is 0 Å². The standard InChI is InChI=1S/C12H23NO/c1-12(2,3)11(14)10-7-8-5-4-6-9(8)13-10/h8-11,13-14H,4-7H2,1-3H3/t8-,9-,10?,11-/m1/s1. The van der Waals surface area contributed by atoms with Crippen molar-refractivity contribution >= 4 is 0 Å². The molecule has 0 amide bonds. The molecular formula is C12H23NO. The summed E-state index contributed by atoms with van der Waals surface area (Å²) >= 11 is 0. The maximum Gasteiger partial charge on any atom is 0.0741 e. The lowest BCUT2D eigenvalue weighted by molar-refractivity contribution is 0.0321. The van der Waals surface area contributed by atoms with Crippen LogP contribution in [0.15, 0.2) is 0 Å². The van der Waals surface area contributed by atoms with Gasteiger partial charge in [0.1, 0.15) is 0 Å². The molecule has 1 unspecified atom stereocenters. The SMILES string of the molecule is CC(C)(C)[C@H](O)C1C[C@H]2CCC[C@H]2N1. The van der Waals surface area contributed by atoms with E-state index >= 15 is 0 Å². The van der Waals surface area contributed by atoms with E-state index < -0.39 is 0 Å². The van der Waals surface area contributed by atoms with Crippen molar-refractivity contribution in [3.8, 4) is 0 Å². The molecule has 2 nitrogen and oxygen atoms in total. The number of aliphatic hydroxyl groups excluding tert-OH is 1. The summed E-state index contributed by atoms with van der Waals surface area (Å²) in [6.07, 6.45) is 5.04. The van der Waals surface area contributed by atoms with Crippen LogP contribution in [0.4, 0.5) is 0 Å². The van der Waals surface area contributed by atoms with Gasteiger partial charge in [-0.25, -0.2) is 0 Å². The van der Waals surface area contributed by atoms with Crippen molar-refractivity contribution in [3.63, 3.8) is 0 Å². The number of hydrogen-bond donors (Lipinski definition) is 2. The molecule has 0 radical (unpaired) electrons. The van der Waals surface area contributed by atoms with E-state index in [-0.39, 0.29) is 11.5 Å². The molecule has 82 valence electrons. The van der Waals surface area contributed by atoms with Gasteiger partial charge in [0.2, 0.25) is 0 Å². The van der Waals surface area contributed by atoms with E-state index in [0.717, 1.165) is 5.92 Å². The molecule has 2 rings (SSSR count). The summed E-state index contributed by atoms with van der Waals surface area (Å²) in [5, 5.41) is 13.8. The number of fused-ring (bicyclic) bond motifs is 1. The fourth-order valence-electron chi connectivity index (χ4n) is 3.03. The van der Waals surface area contributed by atoms with Crippen LogP contribution in [0.1, 0.15) is 46.5 Å². The van der Waals surface area contributed by atoms with Crippen molar-refractivity contribution in [2.45, 2.75) is 64.6 Å². The molecule has 14 heavy (non-hydrogen) atoms. The number of rotatable bonds is 1. The Kier molecular flexibility index (Phi) is 2.61. The minimum atomic E-state index is -0.201. The lowest BCUT2D eigenvalue weighted by atomic mass is 9.83. The molecule has 0 aromatic rings. The molecule has 1 saturated heterocycles. The van der Waals surface area contributed by atoms with E-state index in [1.807, 2.05) is 0 Å². The molecule has 1 saturated carbocycles. The zero-order valence-electron chi connectivity index (χ0n) is 9.59. The number of aliphatic hydroxyl groups is 1. The summed E-state index contributed by atoms with van der Waals surface area (Å²) in [7, 11) is 0. The van der Waals surface area contributed by atoms with E-state index in [0.29, 0.717) is 12.1 Å². The van der Waals surface area contributed by atoms with Crippen LogP contribution >= 0.6 is 0 Å². The second-order valence-corrected chi connectivity index (χ2v) is 6.12. The third-order valence-corrected chi connectivity index (χ3v) is 3.91. The van der Waals surface area contributed by atoms with Crippen LogP contribution in [-0.2, 0) is 0 Å². The summed E-state index contributed by atoms with van der Waals surface area (Å²) in [6.45, 7) is 6.36. The molecule has 2 fully saturated rings. The summed E-state index contributed by atoms with van der Waals surface area (Å²) < 4.78 is 0. The highest BCUT2D eigenvalue weighted by Crippen LogP contribution is 2.38. The molecular weight excluding hydrogens is 174 g/mol. The first-order valence-electron chi connectivity index (χ1n) is 5.92. The number of nitrogens with one attached hydrogen (secondary N) is 1. The highest BCUT2D eigenvalue weighted by Gasteiger charge is 2.42. The van der Waals surface area contributed by atoms with Crippen molar-refractivity contribution in [1.82, 2.24) is 5.32 Å². The minimum Gasteiger partial charge on any atom is -0.391 e. The third kappa shape index (κ3) is 1.82. The summed E-state index contributed by atoms with van der Waals surface area (Å²) in [6, 6.07) is 1.04. The van der Waals surface area contributed by atoms with Crippen LogP contribution in [-0.4, -0.2) is 23.3 Å². The zero-order chi connectivity index (χ0) is 10.3. The van der Waals surface area contributed by atoms with Gasteiger partial charge in [-0.15, -0.1) is 0 Å². The summed E-state index contributed by atoms with van der Waals surface area (Å²) in [5.41, 5.74) is 0.0102. The molecule has 2 heteroatoms. The summed E-state index contributed by atoms with van der Waals surface area (Å²) in [4.78, 5) is 0. The Morgan fingerprint density at radius 3 is 2.57 bits per heavy atom. The first-order chi connectivity index (χ1) is 6.48. The molecule has 1 heterocycles. The Morgan fingerprint density at radius 1 is 1.29 bits per heavy atom. The minimum absolute atomic E-state index is 0.0102. The quantitative estimate of drug-likeness (QED) is 0.673. The average Bonchev–Trinajstić information content (AvgIpc) is 2.58. The molecule has 0 spiro atoms. The van der Waals surface area contributed by atoms with Crippen molar-refractivity contribution in [1.29, 1.82) is 0 Å². The first-order valence-corrected chi connectivity index (χ1v) is 5.92. The van der Waals surface area contributed by atoms with Crippen molar-refractivity contribution in [2.75, 3.05) is 0 Å². The van der Waals surface area contributed by atoms with E-state index in [2.05, 4.69) is 26.1 Å². The Labute approximate surface area is 87.1 Å².